The van der Waals surface area contributed by atoms with Gasteiger partial charge in [-0.3, -0.25) is 9.59 Å². The fraction of sp³-hybridized carbons (Fsp3) is 0.476. The molecule has 9 heteroatoms. The number of hydrogen-bond donors (Lipinski definition) is 0. The van der Waals surface area contributed by atoms with Crippen molar-refractivity contribution in [3.63, 3.8) is 0 Å². The average molecular weight is 431 g/mol. The van der Waals surface area contributed by atoms with E-state index >= 15 is 0 Å². The number of carbonyl (C=O) groups is 1. The van der Waals surface area contributed by atoms with Gasteiger partial charge in [0.2, 0.25) is 10.0 Å². The molecule has 1 saturated heterocycles. The molecule has 1 aliphatic heterocycles. The second kappa shape index (κ2) is 8.31. The summed E-state index contributed by atoms with van der Waals surface area (Å²) in [5, 5.41) is 4.17. The van der Waals surface area contributed by atoms with Gasteiger partial charge in [-0.15, -0.1) is 0 Å². The summed E-state index contributed by atoms with van der Waals surface area (Å²) in [4.78, 5) is 26.5. The summed E-state index contributed by atoms with van der Waals surface area (Å²) in [6, 6.07) is 8.20. The van der Waals surface area contributed by atoms with Gasteiger partial charge >= 0.3 is 0 Å². The molecule has 0 N–H and O–H groups in total. The Labute approximate surface area is 176 Å². The van der Waals surface area contributed by atoms with E-state index in [0.29, 0.717) is 11.4 Å². The van der Waals surface area contributed by atoms with Gasteiger partial charge in [-0.05, 0) is 55.0 Å². The molecular formula is C21H26N4O4S. The standard InChI is InChI=1S/C21H26N4O4S/c1-2-10-25-20(26)9-8-19(22-25)21(27)23-11-13-24(14-12-23)30(28,29)18-7-6-16-4-3-5-17(16)15-18/h6-9,15H,2-5,10-14H2,1H3. The summed E-state index contributed by atoms with van der Waals surface area (Å²) in [5.41, 5.74) is 2.33. The lowest BCUT2D eigenvalue weighted by molar-refractivity contribution is 0.0689. The van der Waals surface area contributed by atoms with Crippen LogP contribution in [0, 0.1) is 0 Å². The zero-order valence-electron chi connectivity index (χ0n) is 17.1. The van der Waals surface area contributed by atoms with Crippen LogP contribution in [0.15, 0.2) is 40.0 Å². The molecule has 0 atom stereocenters. The van der Waals surface area contributed by atoms with E-state index in [0.717, 1.165) is 31.2 Å². The molecule has 0 saturated carbocycles. The number of sulfonamides is 1. The number of amides is 1. The molecule has 30 heavy (non-hydrogen) atoms. The lowest BCUT2D eigenvalue weighted by Crippen LogP contribution is -2.50. The monoisotopic (exact) mass is 430 g/mol. The van der Waals surface area contributed by atoms with Crippen LogP contribution in [0.3, 0.4) is 0 Å². The van der Waals surface area contributed by atoms with E-state index in [1.54, 1.807) is 17.0 Å². The number of piperazine rings is 1. The van der Waals surface area contributed by atoms with Gasteiger partial charge < -0.3 is 4.90 Å². The molecule has 0 spiro atoms. The molecule has 2 heterocycles. The number of rotatable bonds is 5. The van der Waals surface area contributed by atoms with Crippen molar-refractivity contribution in [2.24, 2.45) is 0 Å². The Morgan fingerprint density at radius 1 is 1.03 bits per heavy atom. The van der Waals surface area contributed by atoms with E-state index in [1.807, 2.05) is 13.0 Å². The van der Waals surface area contributed by atoms with Gasteiger partial charge in [-0.2, -0.15) is 9.40 Å². The van der Waals surface area contributed by atoms with Crippen molar-refractivity contribution < 1.29 is 13.2 Å². The van der Waals surface area contributed by atoms with Gasteiger partial charge in [0.05, 0.1) is 4.90 Å². The summed E-state index contributed by atoms with van der Waals surface area (Å²) >= 11 is 0. The molecule has 1 aromatic heterocycles. The molecule has 1 amide bonds. The highest BCUT2D eigenvalue weighted by Crippen LogP contribution is 2.26. The summed E-state index contributed by atoms with van der Waals surface area (Å²) in [6.45, 7) is 3.44. The molecule has 2 aliphatic rings. The maximum atomic E-state index is 13.1. The first-order valence-electron chi connectivity index (χ1n) is 10.4. The SMILES string of the molecule is CCCn1nc(C(=O)N2CCN(S(=O)(=O)c3ccc4c(c3)CCC4)CC2)ccc1=O. The summed E-state index contributed by atoms with van der Waals surface area (Å²) < 4.78 is 28.9. The maximum Gasteiger partial charge on any atom is 0.274 e. The lowest BCUT2D eigenvalue weighted by atomic mass is 10.1. The number of benzene rings is 1. The van der Waals surface area contributed by atoms with Gasteiger partial charge in [-0.25, -0.2) is 13.1 Å². The highest BCUT2D eigenvalue weighted by molar-refractivity contribution is 7.89. The predicted octanol–water partition coefficient (Wildman–Crippen LogP) is 1.29. The molecule has 1 fully saturated rings. The number of aromatic nitrogens is 2. The third kappa shape index (κ3) is 3.91. The van der Waals surface area contributed by atoms with Crippen molar-refractivity contribution in [3.8, 4) is 0 Å². The van der Waals surface area contributed by atoms with Gasteiger partial charge in [0.1, 0.15) is 5.69 Å². The van der Waals surface area contributed by atoms with E-state index in [1.165, 1.54) is 26.7 Å². The van der Waals surface area contributed by atoms with E-state index in [9.17, 15) is 18.0 Å². The summed E-state index contributed by atoms with van der Waals surface area (Å²) in [7, 11) is -3.58. The maximum absolute atomic E-state index is 13.1. The van der Waals surface area contributed by atoms with E-state index < -0.39 is 10.0 Å². The third-order valence-corrected chi connectivity index (χ3v) is 7.65. The van der Waals surface area contributed by atoms with Crippen LogP contribution < -0.4 is 5.56 Å². The van der Waals surface area contributed by atoms with Crippen molar-refractivity contribution in [1.82, 2.24) is 19.0 Å². The van der Waals surface area contributed by atoms with Crippen LogP contribution in [0.1, 0.15) is 41.4 Å². The van der Waals surface area contributed by atoms with E-state index in [2.05, 4.69) is 5.10 Å². The first-order chi connectivity index (χ1) is 14.4. The van der Waals surface area contributed by atoms with Crippen LogP contribution in [-0.2, 0) is 29.4 Å². The quantitative estimate of drug-likeness (QED) is 0.713. The predicted molar refractivity (Wildman–Crippen MR) is 112 cm³/mol. The summed E-state index contributed by atoms with van der Waals surface area (Å²) in [6.07, 6.45) is 3.74. The normalized spacial score (nSPS) is 17.2. The molecule has 0 unspecified atom stereocenters. The number of nitrogens with zero attached hydrogens (tertiary/aromatic N) is 4. The largest absolute Gasteiger partial charge is 0.335 e. The van der Waals surface area contributed by atoms with Crippen LogP contribution in [0.4, 0.5) is 0 Å². The molecule has 2 aromatic rings. The molecule has 8 nitrogen and oxygen atoms in total. The Bertz CT molecular complexity index is 1120. The second-order valence-electron chi connectivity index (χ2n) is 7.76. The number of hydrogen-bond acceptors (Lipinski definition) is 5. The molecule has 1 aromatic carbocycles. The van der Waals surface area contributed by atoms with E-state index in [4.69, 9.17) is 0 Å². The highest BCUT2D eigenvalue weighted by Gasteiger charge is 2.31. The van der Waals surface area contributed by atoms with Gasteiger partial charge in [0.25, 0.3) is 11.5 Å². The number of aryl methyl sites for hydroxylation is 3. The topological polar surface area (TPSA) is 92.6 Å². The van der Waals surface area contributed by atoms with Crippen molar-refractivity contribution >= 4 is 15.9 Å². The summed E-state index contributed by atoms with van der Waals surface area (Å²) in [5.74, 6) is -0.283. The molecule has 160 valence electrons. The van der Waals surface area contributed by atoms with Gasteiger partial charge in [-0.1, -0.05) is 13.0 Å². The Morgan fingerprint density at radius 2 is 1.77 bits per heavy atom. The minimum atomic E-state index is -3.58. The van der Waals surface area contributed by atoms with Gasteiger partial charge in [0, 0.05) is 38.8 Å². The van der Waals surface area contributed by atoms with Crippen molar-refractivity contribution in [2.75, 3.05) is 26.2 Å². The highest BCUT2D eigenvalue weighted by atomic mass is 32.2. The Morgan fingerprint density at radius 3 is 2.50 bits per heavy atom. The lowest BCUT2D eigenvalue weighted by Gasteiger charge is -2.33. The zero-order chi connectivity index (χ0) is 21.3. The minimum Gasteiger partial charge on any atom is -0.335 e. The van der Waals surface area contributed by atoms with Gasteiger partial charge in [0.15, 0.2) is 0 Å². The Kier molecular flexibility index (Phi) is 5.75. The van der Waals surface area contributed by atoms with Crippen LogP contribution in [0.25, 0.3) is 0 Å². The molecule has 0 radical (unpaired) electrons. The fourth-order valence-electron chi connectivity index (χ4n) is 4.09. The number of carbonyl (C=O) groups excluding carboxylic acids is 1. The first kappa shape index (κ1) is 20.7. The van der Waals surface area contributed by atoms with E-state index in [-0.39, 0.29) is 43.3 Å². The smallest absolute Gasteiger partial charge is 0.274 e. The Hall–Kier alpha value is -2.52. The second-order valence-corrected chi connectivity index (χ2v) is 9.70. The van der Waals surface area contributed by atoms with Crippen molar-refractivity contribution in [1.29, 1.82) is 0 Å². The van der Waals surface area contributed by atoms with Crippen LogP contribution in [-0.4, -0.2) is 59.5 Å². The van der Waals surface area contributed by atoms with Crippen molar-refractivity contribution in [2.45, 2.75) is 44.0 Å². The molecule has 0 bridgehead atoms. The molecule has 1 aliphatic carbocycles. The minimum absolute atomic E-state index is 0.206. The Balaban J connectivity index is 1.45. The molecule has 4 rings (SSSR count). The van der Waals surface area contributed by atoms with Crippen molar-refractivity contribution in [3.05, 3.63) is 57.5 Å². The van der Waals surface area contributed by atoms with Crippen LogP contribution in [0.5, 0.6) is 0 Å². The van der Waals surface area contributed by atoms with Crippen LogP contribution >= 0.6 is 0 Å². The average Bonchev–Trinajstić information content (AvgIpc) is 3.23. The fourth-order valence-corrected chi connectivity index (χ4v) is 5.56. The number of fused-ring (bicyclic) bond motifs is 1. The molecular weight excluding hydrogens is 404 g/mol. The zero-order valence-corrected chi connectivity index (χ0v) is 17.9. The van der Waals surface area contributed by atoms with Crippen LogP contribution in [0.2, 0.25) is 0 Å². The third-order valence-electron chi connectivity index (χ3n) is 5.75. The first-order valence-corrected chi connectivity index (χ1v) is 11.8.